The lowest BCUT2D eigenvalue weighted by molar-refractivity contribution is -0.385. The molecule has 0 spiro atoms. The van der Waals surface area contributed by atoms with Crippen molar-refractivity contribution in [1.82, 2.24) is 0 Å². The number of benzene rings is 1. The first-order chi connectivity index (χ1) is 7.50. The molecule has 1 aromatic rings. The smallest absolute Gasteiger partial charge is 0.312 e. The monoisotopic (exact) mass is 243 g/mol. The topological polar surface area (TPSA) is 69.4 Å². The van der Waals surface area contributed by atoms with Gasteiger partial charge in [0.15, 0.2) is 5.75 Å². The maximum atomic E-state index is 10.7. The molecule has 0 saturated carbocycles. The van der Waals surface area contributed by atoms with E-state index in [0.717, 1.165) is 0 Å². The molecule has 0 fully saturated rings. The lowest BCUT2D eigenvalue weighted by atomic mass is 10.3. The number of nitro benzene ring substituents is 1. The SMILES string of the molecule is CC(=O)CCOc1ccc(Cl)cc1[N+](=O)[O-]. The van der Waals surface area contributed by atoms with Gasteiger partial charge in [-0.05, 0) is 19.1 Å². The van der Waals surface area contributed by atoms with Crippen LogP contribution in [0.15, 0.2) is 18.2 Å². The third-order valence-electron chi connectivity index (χ3n) is 1.83. The number of halogens is 1. The molecular formula is C10H10ClNO4. The molecule has 0 bridgehead atoms. The Balaban J connectivity index is 2.78. The zero-order chi connectivity index (χ0) is 12.1. The highest BCUT2D eigenvalue weighted by Crippen LogP contribution is 2.29. The average molecular weight is 244 g/mol. The molecule has 0 aromatic heterocycles. The van der Waals surface area contributed by atoms with E-state index in [0.29, 0.717) is 0 Å². The van der Waals surface area contributed by atoms with Gasteiger partial charge in [0, 0.05) is 17.5 Å². The molecule has 0 unspecified atom stereocenters. The van der Waals surface area contributed by atoms with Gasteiger partial charge < -0.3 is 4.74 Å². The number of hydrogen-bond acceptors (Lipinski definition) is 4. The quantitative estimate of drug-likeness (QED) is 0.589. The van der Waals surface area contributed by atoms with Crippen molar-refractivity contribution in [1.29, 1.82) is 0 Å². The zero-order valence-corrected chi connectivity index (χ0v) is 9.36. The van der Waals surface area contributed by atoms with Crippen LogP contribution in [-0.4, -0.2) is 17.3 Å². The van der Waals surface area contributed by atoms with E-state index in [1.807, 2.05) is 0 Å². The second-order valence-corrected chi connectivity index (χ2v) is 3.61. The fourth-order valence-electron chi connectivity index (χ4n) is 1.06. The predicted molar refractivity (Wildman–Crippen MR) is 58.9 cm³/mol. The zero-order valence-electron chi connectivity index (χ0n) is 8.60. The minimum absolute atomic E-state index is 0.0309. The van der Waals surface area contributed by atoms with Crippen LogP contribution in [0.3, 0.4) is 0 Å². The van der Waals surface area contributed by atoms with Crippen molar-refractivity contribution in [3.05, 3.63) is 33.3 Å². The Morgan fingerprint density at radius 1 is 1.56 bits per heavy atom. The molecule has 0 N–H and O–H groups in total. The summed E-state index contributed by atoms with van der Waals surface area (Å²) in [5.74, 6) is 0.0901. The van der Waals surface area contributed by atoms with Crippen molar-refractivity contribution in [3.8, 4) is 5.75 Å². The Hall–Kier alpha value is -1.62. The number of carbonyl (C=O) groups is 1. The van der Waals surface area contributed by atoms with Crippen LogP contribution in [0.2, 0.25) is 5.02 Å². The van der Waals surface area contributed by atoms with Gasteiger partial charge in [-0.1, -0.05) is 11.6 Å². The number of carbonyl (C=O) groups excluding carboxylic acids is 1. The Bertz CT molecular complexity index is 419. The molecule has 0 atom stereocenters. The van der Waals surface area contributed by atoms with E-state index in [4.69, 9.17) is 16.3 Å². The summed E-state index contributed by atoms with van der Waals surface area (Å²) >= 11 is 5.63. The van der Waals surface area contributed by atoms with Gasteiger partial charge in [-0.2, -0.15) is 0 Å². The van der Waals surface area contributed by atoms with Gasteiger partial charge in [0.1, 0.15) is 5.78 Å². The molecule has 86 valence electrons. The van der Waals surface area contributed by atoms with E-state index in [-0.39, 0.29) is 35.3 Å². The van der Waals surface area contributed by atoms with Crippen molar-refractivity contribution in [3.63, 3.8) is 0 Å². The van der Waals surface area contributed by atoms with E-state index < -0.39 is 4.92 Å². The summed E-state index contributed by atoms with van der Waals surface area (Å²) in [5, 5.41) is 10.9. The summed E-state index contributed by atoms with van der Waals surface area (Å²) in [5.41, 5.74) is -0.198. The number of hydrogen-bond donors (Lipinski definition) is 0. The Labute approximate surface area is 97.1 Å². The minimum Gasteiger partial charge on any atom is -0.486 e. The van der Waals surface area contributed by atoms with Gasteiger partial charge in [-0.15, -0.1) is 0 Å². The summed E-state index contributed by atoms with van der Waals surface area (Å²) in [7, 11) is 0. The normalized spacial score (nSPS) is 9.88. The Morgan fingerprint density at radius 3 is 2.81 bits per heavy atom. The molecule has 0 saturated heterocycles. The summed E-state index contributed by atoms with van der Waals surface area (Å²) < 4.78 is 5.14. The second kappa shape index (κ2) is 5.46. The van der Waals surface area contributed by atoms with Crippen LogP contribution in [0.4, 0.5) is 5.69 Å². The van der Waals surface area contributed by atoms with Crippen LogP contribution in [0.5, 0.6) is 5.75 Å². The van der Waals surface area contributed by atoms with Crippen LogP contribution in [0.25, 0.3) is 0 Å². The van der Waals surface area contributed by atoms with Crippen molar-refractivity contribution in [2.24, 2.45) is 0 Å². The number of ketones is 1. The first kappa shape index (κ1) is 12.4. The molecule has 0 aliphatic heterocycles. The predicted octanol–water partition coefficient (Wildman–Crippen LogP) is 2.61. The number of ether oxygens (including phenoxy) is 1. The number of Topliss-reactive ketones (excluding diaryl/α,β-unsaturated/α-hetero) is 1. The van der Waals surface area contributed by atoms with Crippen molar-refractivity contribution < 1.29 is 14.5 Å². The Morgan fingerprint density at radius 2 is 2.25 bits per heavy atom. The van der Waals surface area contributed by atoms with Crippen molar-refractivity contribution >= 4 is 23.1 Å². The van der Waals surface area contributed by atoms with Crippen LogP contribution < -0.4 is 4.74 Å². The average Bonchev–Trinajstić information content (AvgIpc) is 2.19. The van der Waals surface area contributed by atoms with Crippen LogP contribution in [0.1, 0.15) is 13.3 Å². The molecule has 0 amide bonds. The highest BCUT2D eigenvalue weighted by Gasteiger charge is 2.15. The van der Waals surface area contributed by atoms with E-state index >= 15 is 0 Å². The molecule has 0 aliphatic carbocycles. The van der Waals surface area contributed by atoms with Crippen LogP contribution in [-0.2, 0) is 4.79 Å². The highest BCUT2D eigenvalue weighted by molar-refractivity contribution is 6.30. The Kier molecular flexibility index (Phi) is 4.25. The lowest BCUT2D eigenvalue weighted by Gasteiger charge is -2.05. The maximum absolute atomic E-state index is 10.7. The summed E-state index contributed by atoms with van der Waals surface area (Å²) in [6, 6.07) is 4.13. The van der Waals surface area contributed by atoms with Crippen LogP contribution in [0, 0.1) is 10.1 Å². The largest absolute Gasteiger partial charge is 0.486 e. The molecule has 16 heavy (non-hydrogen) atoms. The lowest BCUT2D eigenvalue weighted by Crippen LogP contribution is -2.04. The third kappa shape index (κ3) is 3.51. The molecule has 5 nitrogen and oxygen atoms in total. The molecule has 1 rings (SSSR count). The molecule has 0 radical (unpaired) electrons. The summed E-state index contributed by atoms with van der Waals surface area (Å²) in [4.78, 5) is 20.8. The molecule has 1 aromatic carbocycles. The van der Waals surface area contributed by atoms with Gasteiger partial charge in [0.05, 0.1) is 11.5 Å². The van der Waals surface area contributed by atoms with Gasteiger partial charge in [0.25, 0.3) is 0 Å². The van der Waals surface area contributed by atoms with E-state index in [9.17, 15) is 14.9 Å². The molecule has 0 aliphatic rings. The van der Waals surface area contributed by atoms with Gasteiger partial charge in [-0.3, -0.25) is 14.9 Å². The maximum Gasteiger partial charge on any atom is 0.312 e. The minimum atomic E-state index is -0.574. The molecule has 6 heteroatoms. The third-order valence-corrected chi connectivity index (χ3v) is 2.06. The second-order valence-electron chi connectivity index (χ2n) is 3.17. The number of nitrogens with zero attached hydrogens (tertiary/aromatic N) is 1. The number of rotatable bonds is 5. The van der Waals surface area contributed by atoms with Gasteiger partial charge in [0.2, 0.25) is 0 Å². The van der Waals surface area contributed by atoms with Gasteiger partial charge in [-0.25, -0.2) is 0 Å². The highest BCUT2D eigenvalue weighted by atomic mass is 35.5. The van der Waals surface area contributed by atoms with Crippen molar-refractivity contribution in [2.75, 3.05) is 6.61 Å². The first-order valence-electron chi connectivity index (χ1n) is 4.57. The standard InChI is InChI=1S/C10H10ClNO4/c1-7(13)4-5-16-10-3-2-8(11)6-9(10)12(14)15/h2-3,6H,4-5H2,1H3. The van der Waals surface area contributed by atoms with E-state index in [1.54, 1.807) is 0 Å². The van der Waals surface area contributed by atoms with E-state index in [2.05, 4.69) is 0 Å². The fraction of sp³-hybridized carbons (Fsp3) is 0.300. The van der Waals surface area contributed by atoms with Crippen LogP contribution >= 0.6 is 11.6 Å². The fourth-order valence-corrected chi connectivity index (χ4v) is 1.23. The molecular weight excluding hydrogens is 234 g/mol. The summed E-state index contributed by atoms with van der Waals surface area (Å²) in [6.45, 7) is 1.55. The van der Waals surface area contributed by atoms with E-state index in [1.165, 1.54) is 25.1 Å². The number of nitro groups is 1. The van der Waals surface area contributed by atoms with Gasteiger partial charge >= 0.3 is 5.69 Å². The summed E-state index contributed by atoms with van der Waals surface area (Å²) in [6.07, 6.45) is 0.222. The first-order valence-corrected chi connectivity index (χ1v) is 4.94. The molecule has 0 heterocycles. The van der Waals surface area contributed by atoms with Crippen molar-refractivity contribution in [2.45, 2.75) is 13.3 Å².